The van der Waals surface area contributed by atoms with E-state index >= 15 is 0 Å². The number of hydrogen-bond acceptors (Lipinski definition) is 6. The number of rotatable bonds is 3. The van der Waals surface area contributed by atoms with Crippen LogP contribution in [0.15, 0.2) is 12.7 Å². The molecule has 2 aromatic heterocycles. The van der Waals surface area contributed by atoms with Gasteiger partial charge in [-0.3, -0.25) is 0 Å². The van der Waals surface area contributed by atoms with Crippen LogP contribution in [0.4, 0.5) is 0 Å². The van der Waals surface area contributed by atoms with Crippen LogP contribution in [0.3, 0.4) is 0 Å². The normalized spacial score (nSPS) is 10.4. The van der Waals surface area contributed by atoms with Gasteiger partial charge in [0.2, 0.25) is 0 Å². The Morgan fingerprint density at radius 2 is 2.50 bits per heavy atom. The molecule has 0 bridgehead atoms. The van der Waals surface area contributed by atoms with E-state index in [1.165, 1.54) is 17.7 Å². The highest BCUT2D eigenvalue weighted by Crippen LogP contribution is 2.26. The summed E-state index contributed by atoms with van der Waals surface area (Å²) in [5, 5.41) is 4.56. The van der Waals surface area contributed by atoms with Gasteiger partial charge < -0.3 is 10.5 Å². The van der Waals surface area contributed by atoms with E-state index in [9.17, 15) is 0 Å². The third kappa shape index (κ3) is 1.47. The molecule has 2 aromatic rings. The number of aromatic nitrogens is 4. The molecule has 6 nitrogen and oxygen atoms in total. The predicted molar refractivity (Wildman–Crippen MR) is 51.5 cm³/mol. The van der Waals surface area contributed by atoms with Crippen LogP contribution in [0.5, 0.6) is 5.19 Å². The van der Waals surface area contributed by atoms with Gasteiger partial charge in [-0.25, -0.2) is 9.67 Å². The molecule has 2 heterocycles. The Morgan fingerprint density at radius 1 is 1.64 bits per heavy atom. The van der Waals surface area contributed by atoms with Crippen molar-refractivity contribution in [2.75, 3.05) is 7.11 Å². The van der Waals surface area contributed by atoms with Gasteiger partial charge in [0.1, 0.15) is 12.7 Å². The summed E-state index contributed by atoms with van der Waals surface area (Å²) in [6, 6.07) is 0. The second-order valence-electron chi connectivity index (χ2n) is 2.47. The third-order valence-electron chi connectivity index (χ3n) is 1.65. The molecule has 7 heteroatoms. The van der Waals surface area contributed by atoms with Crippen LogP contribution in [0, 0.1) is 0 Å². The molecule has 0 aliphatic heterocycles. The van der Waals surface area contributed by atoms with Gasteiger partial charge in [0.05, 0.1) is 12.0 Å². The van der Waals surface area contributed by atoms with E-state index < -0.39 is 0 Å². The van der Waals surface area contributed by atoms with Gasteiger partial charge in [-0.2, -0.15) is 10.1 Å². The first-order valence-electron chi connectivity index (χ1n) is 3.94. The molecular weight excluding hydrogens is 202 g/mol. The minimum absolute atomic E-state index is 0.413. The van der Waals surface area contributed by atoms with Gasteiger partial charge in [0.15, 0.2) is 5.82 Å². The molecule has 14 heavy (non-hydrogen) atoms. The molecule has 0 aliphatic rings. The van der Waals surface area contributed by atoms with E-state index in [1.54, 1.807) is 18.1 Å². The summed E-state index contributed by atoms with van der Waals surface area (Å²) in [6.07, 6.45) is 3.03. The summed E-state index contributed by atoms with van der Waals surface area (Å²) < 4.78 is 6.60. The molecule has 2 rings (SSSR count). The number of nitrogens with two attached hydrogens (primary N) is 1. The van der Waals surface area contributed by atoms with Gasteiger partial charge in [-0.1, -0.05) is 11.3 Å². The average molecular weight is 211 g/mol. The number of thiazole rings is 1. The maximum absolute atomic E-state index is 5.58. The summed E-state index contributed by atoms with van der Waals surface area (Å²) in [4.78, 5) is 8.99. The fourth-order valence-electron chi connectivity index (χ4n) is 1.04. The van der Waals surface area contributed by atoms with Gasteiger partial charge in [-0.05, 0) is 0 Å². The first-order chi connectivity index (χ1) is 6.85. The first-order valence-corrected chi connectivity index (χ1v) is 4.75. The lowest BCUT2D eigenvalue weighted by molar-refractivity contribution is 0.411. The Morgan fingerprint density at radius 3 is 3.07 bits per heavy atom. The highest BCUT2D eigenvalue weighted by molar-refractivity contribution is 7.13. The average Bonchev–Trinajstić information content (AvgIpc) is 2.85. The van der Waals surface area contributed by atoms with E-state index in [0.717, 1.165) is 4.88 Å². The van der Waals surface area contributed by atoms with Gasteiger partial charge in [0.25, 0.3) is 5.19 Å². The molecule has 74 valence electrons. The Bertz CT molecular complexity index is 410. The van der Waals surface area contributed by atoms with Crippen molar-refractivity contribution in [1.29, 1.82) is 0 Å². The molecule has 0 saturated carbocycles. The van der Waals surface area contributed by atoms with Crippen LogP contribution in [0.1, 0.15) is 4.88 Å². The number of hydrogen-bond donors (Lipinski definition) is 1. The van der Waals surface area contributed by atoms with Crippen molar-refractivity contribution >= 4 is 11.3 Å². The van der Waals surface area contributed by atoms with E-state index in [2.05, 4.69) is 15.1 Å². The molecule has 0 radical (unpaired) electrons. The lowest BCUT2D eigenvalue weighted by Crippen LogP contribution is -2.02. The summed E-state index contributed by atoms with van der Waals surface area (Å²) >= 11 is 1.41. The topological polar surface area (TPSA) is 78.8 Å². The summed E-state index contributed by atoms with van der Waals surface area (Å²) in [6.45, 7) is 0.413. The molecule has 0 unspecified atom stereocenters. The first kappa shape index (κ1) is 9.10. The highest BCUT2D eigenvalue weighted by atomic mass is 32.1. The van der Waals surface area contributed by atoms with Crippen LogP contribution in [-0.4, -0.2) is 26.9 Å². The number of ether oxygens (including phenoxy) is 1. The van der Waals surface area contributed by atoms with Crippen LogP contribution in [0.2, 0.25) is 0 Å². The highest BCUT2D eigenvalue weighted by Gasteiger charge is 2.12. The van der Waals surface area contributed by atoms with Crippen molar-refractivity contribution in [2.45, 2.75) is 6.54 Å². The van der Waals surface area contributed by atoms with Crippen molar-refractivity contribution in [3.8, 4) is 11.0 Å². The second-order valence-corrected chi connectivity index (χ2v) is 3.52. The van der Waals surface area contributed by atoms with Gasteiger partial charge >= 0.3 is 0 Å². The zero-order chi connectivity index (χ0) is 9.97. The van der Waals surface area contributed by atoms with Crippen LogP contribution in [-0.2, 0) is 6.54 Å². The minimum Gasteiger partial charge on any atom is -0.473 e. The fourth-order valence-corrected chi connectivity index (χ4v) is 1.78. The van der Waals surface area contributed by atoms with Crippen LogP contribution < -0.4 is 10.5 Å². The Hall–Kier alpha value is -1.47. The van der Waals surface area contributed by atoms with Crippen LogP contribution >= 0.6 is 11.3 Å². The predicted octanol–water partition coefficient (Wildman–Crippen LogP) is 0.191. The minimum atomic E-state index is 0.413. The van der Waals surface area contributed by atoms with Crippen LogP contribution in [0.25, 0.3) is 5.82 Å². The summed E-state index contributed by atoms with van der Waals surface area (Å²) in [5.41, 5.74) is 5.58. The molecule has 0 amide bonds. The number of methoxy groups -OCH3 is 1. The van der Waals surface area contributed by atoms with Gasteiger partial charge in [-0.15, -0.1) is 0 Å². The van der Waals surface area contributed by atoms with E-state index in [1.807, 2.05) is 0 Å². The molecule has 0 aromatic carbocycles. The SMILES string of the molecule is COc1nc(-n2cncn2)c(CN)s1. The second kappa shape index (κ2) is 3.72. The molecule has 0 atom stereocenters. The largest absolute Gasteiger partial charge is 0.473 e. The van der Waals surface area contributed by atoms with Crippen molar-refractivity contribution < 1.29 is 4.74 Å². The third-order valence-corrected chi connectivity index (χ3v) is 2.68. The molecule has 0 saturated heterocycles. The van der Waals surface area contributed by atoms with E-state index in [4.69, 9.17) is 10.5 Å². The Balaban J connectivity index is 2.46. The smallest absolute Gasteiger partial charge is 0.275 e. The number of nitrogens with zero attached hydrogens (tertiary/aromatic N) is 4. The standard InChI is InChI=1S/C7H9N5OS/c1-13-7-11-6(5(2-8)14-7)12-4-9-3-10-12/h3-4H,2,8H2,1H3. The summed E-state index contributed by atoms with van der Waals surface area (Å²) in [7, 11) is 1.57. The Labute approximate surface area is 84.4 Å². The lowest BCUT2D eigenvalue weighted by atomic mass is 10.5. The molecule has 0 aliphatic carbocycles. The lowest BCUT2D eigenvalue weighted by Gasteiger charge is -1.96. The van der Waals surface area contributed by atoms with Gasteiger partial charge in [0, 0.05) is 6.54 Å². The zero-order valence-corrected chi connectivity index (χ0v) is 8.36. The van der Waals surface area contributed by atoms with Crippen molar-refractivity contribution in [3.05, 3.63) is 17.5 Å². The molecule has 2 N–H and O–H groups in total. The van der Waals surface area contributed by atoms with E-state index in [-0.39, 0.29) is 0 Å². The zero-order valence-electron chi connectivity index (χ0n) is 7.54. The molecular formula is C7H9N5OS. The molecule has 0 fully saturated rings. The maximum Gasteiger partial charge on any atom is 0.275 e. The van der Waals surface area contributed by atoms with Crippen molar-refractivity contribution in [2.24, 2.45) is 5.73 Å². The monoisotopic (exact) mass is 211 g/mol. The fraction of sp³-hybridized carbons (Fsp3) is 0.286. The van der Waals surface area contributed by atoms with Crippen molar-refractivity contribution in [3.63, 3.8) is 0 Å². The summed E-state index contributed by atoms with van der Waals surface area (Å²) in [5.74, 6) is 0.687. The maximum atomic E-state index is 5.58. The molecule has 0 spiro atoms. The van der Waals surface area contributed by atoms with Crippen molar-refractivity contribution in [1.82, 2.24) is 19.7 Å². The van der Waals surface area contributed by atoms with E-state index in [0.29, 0.717) is 17.6 Å². The quantitative estimate of drug-likeness (QED) is 0.784. The Kier molecular flexibility index (Phi) is 2.42.